The van der Waals surface area contributed by atoms with Gasteiger partial charge in [-0.3, -0.25) is 0 Å². The van der Waals surface area contributed by atoms with Crippen molar-refractivity contribution in [1.29, 1.82) is 0 Å². The van der Waals surface area contributed by atoms with Gasteiger partial charge in [0.1, 0.15) is 0 Å². The smallest absolute Gasteiger partial charge is 0.328 e. The van der Waals surface area contributed by atoms with E-state index in [1.165, 1.54) is 4.90 Å². The van der Waals surface area contributed by atoms with Gasteiger partial charge in [-0.2, -0.15) is 4.98 Å². The van der Waals surface area contributed by atoms with Crippen LogP contribution < -0.4 is 15.5 Å². The zero-order valence-electron chi connectivity index (χ0n) is 16.2. The SMILES string of the molecule is CC(C)Nc1nc(-c2ccccc2Cl)c2c(n1)N(c1c(Cl)cccc1Cl)C(=O)NC2. The highest BCUT2D eigenvalue weighted by Crippen LogP contribution is 2.43. The van der Waals surface area contributed by atoms with Crippen LogP contribution in [0.25, 0.3) is 11.3 Å². The maximum atomic E-state index is 12.9. The Morgan fingerprint density at radius 1 is 1.00 bits per heavy atom. The molecular weight excluding hydrogens is 445 g/mol. The molecule has 2 N–H and O–H groups in total. The van der Waals surface area contributed by atoms with E-state index >= 15 is 0 Å². The van der Waals surface area contributed by atoms with Crippen molar-refractivity contribution in [1.82, 2.24) is 15.3 Å². The summed E-state index contributed by atoms with van der Waals surface area (Å²) in [4.78, 5) is 23.6. The molecule has 6 nitrogen and oxygen atoms in total. The normalized spacial score (nSPS) is 13.3. The van der Waals surface area contributed by atoms with Crippen LogP contribution in [0.3, 0.4) is 0 Å². The molecule has 9 heteroatoms. The van der Waals surface area contributed by atoms with E-state index in [2.05, 4.69) is 15.6 Å². The van der Waals surface area contributed by atoms with Gasteiger partial charge in [-0.25, -0.2) is 14.7 Å². The topological polar surface area (TPSA) is 70.2 Å². The van der Waals surface area contributed by atoms with Crippen molar-refractivity contribution < 1.29 is 4.79 Å². The number of anilines is 3. The van der Waals surface area contributed by atoms with E-state index in [-0.39, 0.29) is 18.6 Å². The van der Waals surface area contributed by atoms with Crippen LogP contribution in [-0.2, 0) is 6.54 Å². The predicted molar refractivity (Wildman–Crippen MR) is 122 cm³/mol. The molecule has 0 bridgehead atoms. The van der Waals surface area contributed by atoms with Crippen molar-refractivity contribution in [3.8, 4) is 11.3 Å². The molecule has 2 amide bonds. The zero-order chi connectivity index (χ0) is 21.4. The highest BCUT2D eigenvalue weighted by atomic mass is 35.5. The number of rotatable bonds is 4. The van der Waals surface area contributed by atoms with Crippen molar-refractivity contribution >= 4 is 58.3 Å². The third-order valence-electron chi connectivity index (χ3n) is 4.52. The number of nitrogens with zero attached hydrogens (tertiary/aromatic N) is 3. The number of benzene rings is 2. The lowest BCUT2D eigenvalue weighted by molar-refractivity contribution is 0.247. The number of carbonyl (C=O) groups excluding carboxylic acids is 1. The number of fused-ring (bicyclic) bond motifs is 1. The van der Waals surface area contributed by atoms with Crippen molar-refractivity contribution in [2.75, 3.05) is 10.2 Å². The summed E-state index contributed by atoms with van der Waals surface area (Å²) in [6.07, 6.45) is 0. The third-order valence-corrected chi connectivity index (χ3v) is 5.46. The highest BCUT2D eigenvalue weighted by Gasteiger charge is 2.33. The lowest BCUT2D eigenvalue weighted by atomic mass is 10.0. The number of amides is 2. The van der Waals surface area contributed by atoms with E-state index in [0.29, 0.717) is 43.8 Å². The van der Waals surface area contributed by atoms with Crippen molar-refractivity contribution in [2.45, 2.75) is 26.4 Å². The van der Waals surface area contributed by atoms with Crippen molar-refractivity contribution in [3.05, 3.63) is 63.1 Å². The molecule has 0 atom stereocenters. The van der Waals surface area contributed by atoms with Gasteiger partial charge >= 0.3 is 6.03 Å². The fraction of sp³-hybridized carbons (Fsp3) is 0.190. The van der Waals surface area contributed by atoms with Gasteiger partial charge in [0, 0.05) is 22.2 Å². The Hall–Kier alpha value is -2.54. The summed E-state index contributed by atoms with van der Waals surface area (Å²) in [5.74, 6) is 0.781. The molecule has 1 aliphatic heterocycles. The second-order valence-electron chi connectivity index (χ2n) is 7.04. The Bertz CT molecular complexity index is 1120. The van der Waals surface area contributed by atoms with E-state index in [9.17, 15) is 4.79 Å². The second kappa shape index (κ2) is 8.30. The maximum Gasteiger partial charge on any atom is 0.328 e. The van der Waals surface area contributed by atoms with E-state index in [1.807, 2.05) is 32.0 Å². The van der Waals surface area contributed by atoms with Gasteiger partial charge in [0.25, 0.3) is 0 Å². The summed E-state index contributed by atoms with van der Waals surface area (Å²) in [5, 5.41) is 7.29. The molecule has 4 rings (SSSR count). The van der Waals surface area contributed by atoms with E-state index in [4.69, 9.17) is 39.8 Å². The van der Waals surface area contributed by atoms with Crippen LogP contribution in [0.1, 0.15) is 19.4 Å². The summed E-state index contributed by atoms with van der Waals surface area (Å²) in [7, 11) is 0. The minimum absolute atomic E-state index is 0.0805. The van der Waals surface area contributed by atoms with Crippen LogP contribution >= 0.6 is 34.8 Å². The number of para-hydroxylation sites is 1. The van der Waals surface area contributed by atoms with Gasteiger partial charge < -0.3 is 10.6 Å². The summed E-state index contributed by atoms with van der Waals surface area (Å²) >= 11 is 19.3. The maximum absolute atomic E-state index is 12.9. The first kappa shape index (κ1) is 20.7. The predicted octanol–water partition coefficient (Wildman–Crippen LogP) is 6.29. The average Bonchev–Trinajstić information content (AvgIpc) is 2.69. The number of aromatic nitrogens is 2. The van der Waals surface area contributed by atoms with Crippen LogP contribution in [0.15, 0.2) is 42.5 Å². The van der Waals surface area contributed by atoms with Gasteiger partial charge in [0.05, 0.1) is 28.0 Å². The molecule has 1 aliphatic rings. The molecule has 2 heterocycles. The van der Waals surface area contributed by atoms with E-state index in [1.54, 1.807) is 24.3 Å². The number of urea groups is 1. The summed E-state index contributed by atoms with van der Waals surface area (Å²) < 4.78 is 0. The van der Waals surface area contributed by atoms with Crippen molar-refractivity contribution in [2.24, 2.45) is 0 Å². The molecule has 0 fully saturated rings. The van der Waals surface area contributed by atoms with Gasteiger partial charge in [-0.15, -0.1) is 0 Å². The minimum atomic E-state index is -0.378. The summed E-state index contributed by atoms with van der Waals surface area (Å²) in [6, 6.07) is 12.2. The molecule has 0 unspecified atom stereocenters. The number of halogens is 3. The van der Waals surface area contributed by atoms with Gasteiger partial charge in [-0.1, -0.05) is 59.1 Å². The largest absolute Gasteiger partial charge is 0.352 e. The highest BCUT2D eigenvalue weighted by molar-refractivity contribution is 6.40. The molecule has 3 aromatic rings. The van der Waals surface area contributed by atoms with Crippen LogP contribution in [0.2, 0.25) is 15.1 Å². The molecular formula is C21H18Cl3N5O. The van der Waals surface area contributed by atoms with Gasteiger partial charge in [0.2, 0.25) is 5.95 Å². The molecule has 30 heavy (non-hydrogen) atoms. The number of nitrogens with one attached hydrogen (secondary N) is 2. The summed E-state index contributed by atoms with van der Waals surface area (Å²) in [5.41, 5.74) is 2.44. The Labute approximate surface area is 189 Å². The Kier molecular flexibility index (Phi) is 5.73. The number of hydrogen-bond acceptors (Lipinski definition) is 4. The molecule has 1 aromatic heterocycles. The zero-order valence-corrected chi connectivity index (χ0v) is 18.5. The lowest BCUT2D eigenvalue weighted by Crippen LogP contribution is -2.42. The molecule has 0 saturated carbocycles. The van der Waals surface area contributed by atoms with Gasteiger partial charge in [-0.05, 0) is 32.0 Å². The minimum Gasteiger partial charge on any atom is -0.352 e. The standard InChI is InChI=1S/C21H18Cl3N5O/c1-11(2)26-20-27-17(12-6-3-4-7-14(12)22)13-10-25-21(30)29(19(13)28-20)18-15(23)8-5-9-16(18)24/h3-9,11H,10H2,1-2H3,(H,25,30)(H,26,27,28). The summed E-state index contributed by atoms with van der Waals surface area (Å²) in [6.45, 7) is 4.20. The fourth-order valence-corrected chi connectivity index (χ4v) is 4.06. The van der Waals surface area contributed by atoms with Crippen LogP contribution in [0.5, 0.6) is 0 Å². The first-order valence-corrected chi connectivity index (χ1v) is 10.4. The molecule has 2 aromatic carbocycles. The Morgan fingerprint density at radius 3 is 2.33 bits per heavy atom. The first-order chi connectivity index (χ1) is 14.4. The molecule has 0 aliphatic carbocycles. The second-order valence-corrected chi connectivity index (χ2v) is 8.26. The van der Waals surface area contributed by atoms with E-state index in [0.717, 1.165) is 5.56 Å². The number of hydrogen-bond donors (Lipinski definition) is 2. The monoisotopic (exact) mass is 461 g/mol. The van der Waals surface area contributed by atoms with Crippen LogP contribution in [-0.4, -0.2) is 22.0 Å². The third kappa shape index (κ3) is 3.78. The van der Waals surface area contributed by atoms with Gasteiger partial charge in [0.15, 0.2) is 5.82 Å². The lowest BCUT2D eigenvalue weighted by Gasteiger charge is -2.31. The van der Waals surface area contributed by atoms with Crippen molar-refractivity contribution in [3.63, 3.8) is 0 Å². The van der Waals surface area contributed by atoms with Crippen LogP contribution in [0.4, 0.5) is 22.2 Å². The quantitative estimate of drug-likeness (QED) is 0.478. The number of carbonyl (C=O) groups is 1. The van der Waals surface area contributed by atoms with E-state index < -0.39 is 0 Å². The fourth-order valence-electron chi connectivity index (χ4n) is 3.27. The molecule has 154 valence electrons. The molecule has 0 spiro atoms. The first-order valence-electron chi connectivity index (χ1n) is 9.31. The Balaban J connectivity index is 2.00. The molecule has 0 saturated heterocycles. The Morgan fingerprint density at radius 2 is 1.67 bits per heavy atom. The van der Waals surface area contributed by atoms with Crippen LogP contribution in [0, 0.1) is 0 Å². The molecule has 0 radical (unpaired) electrons. The average molecular weight is 463 g/mol.